The number of carbonyl (C=O) groups excluding carboxylic acids is 1. The fraction of sp³-hybridized carbons (Fsp3) is 0.182. The van der Waals surface area contributed by atoms with E-state index in [0.29, 0.717) is 23.6 Å². The Hall–Kier alpha value is -3.99. The zero-order valence-corrected chi connectivity index (χ0v) is 18.8. The smallest absolute Gasteiger partial charge is 0.273 e. The van der Waals surface area contributed by atoms with Crippen molar-refractivity contribution in [2.24, 2.45) is 0 Å². The van der Waals surface area contributed by atoms with Crippen LogP contribution in [-0.2, 0) is 16.6 Å². The molecule has 11 heteroatoms. The van der Waals surface area contributed by atoms with Gasteiger partial charge in [-0.3, -0.25) is 19.6 Å². The maximum absolute atomic E-state index is 12.6. The highest BCUT2D eigenvalue weighted by Gasteiger charge is 2.20. The summed E-state index contributed by atoms with van der Waals surface area (Å²) in [6, 6.07) is 13.0. The first kappa shape index (κ1) is 23.7. The van der Waals surface area contributed by atoms with E-state index < -0.39 is 14.9 Å². The Labute approximate surface area is 190 Å². The Kier molecular flexibility index (Phi) is 7.23. The molecule has 1 amide bonds. The molecule has 3 aromatic rings. The number of nitrogens with one attached hydrogen (secondary N) is 2. The van der Waals surface area contributed by atoms with E-state index in [0.717, 1.165) is 11.6 Å². The van der Waals surface area contributed by atoms with Crippen molar-refractivity contribution in [3.8, 4) is 5.88 Å². The van der Waals surface area contributed by atoms with Crippen molar-refractivity contribution in [3.63, 3.8) is 0 Å². The van der Waals surface area contributed by atoms with Crippen LogP contribution in [0.5, 0.6) is 5.88 Å². The molecule has 0 saturated heterocycles. The summed E-state index contributed by atoms with van der Waals surface area (Å²) >= 11 is 0. The number of anilines is 1. The minimum Gasteiger partial charge on any atom is -0.478 e. The van der Waals surface area contributed by atoms with Gasteiger partial charge in [0.1, 0.15) is 0 Å². The Bertz CT molecular complexity index is 1280. The number of aryl methyl sites for hydroxylation is 1. The molecular formula is C22H22N4O6S. The number of benzene rings is 2. The van der Waals surface area contributed by atoms with Crippen molar-refractivity contribution in [1.29, 1.82) is 0 Å². The molecule has 2 N–H and O–H groups in total. The maximum Gasteiger partial charge on any atom is 0.273 e. The highest BCUT2D eigenvalue weighted by molar-refractivity contribution is 7.92. The van der Waals surface area contributed by atoms with Gasteiger partial charge in [-0.05, 0) is 50.2 Å². The van der Waals surface area contributed by atoms with Gasteiger partial charge in [0, 0.05) is 41.2 Å². The number of nitrogens with zero attached hydrogens (tertiary/aromatic N) is 2. The number of ether oxygens (including phenoxy) is 1. The number of rotatable bonds is 9. The number of aromatic nitrogens is 1. The quantitative estimate of drug-likeness (QED) is 0.360. The van der Waals surface area contributed by atoms with Gasteiger partial charge in [0.05, 0.1) is 16.4 Å². The van der Waals surface area contributed by atoms with Crippen LogP contribution in [0.1, 0.15) is 28.4 Å². The van der Waals surface area contributed by atoms with Crippen molar-refractivity contribution in [2.45, 2.75) is 25.3 Å². The lowest BCUT2D eigenvalue weighted by atomic mass is 10.2. The van der Waals surface area contributed by atoms with Gasteiger partial charge in [-0.1, -0.05) is 12.1 Å². The summed E-state index contributed by atoms with van der Waals surface area (Å²) < 4.78 is 33.0. The van der Waals surface area contributed by atoms with Crippen LogP contribution in [-0.4, -0.2) is 30.8 Å². The molecule has 0 bridgehead atoms. The fourth-order valence-corrected chi connectivity index (χ4v) is 4.04. The Balaban J connectivity index is 1.68. The minimum atomic E-state index is -4.05. The second kappa shape index (κ2) is 10.1. The number of pyridine rings is 1. The molecule has 10 nitrogen and oxygen atoms in total. The molecule has 0 aliphatic heterocycles. The number of carbonyl (C=O) groups is 1. The molecule has 3 rings (SSSR count). The van der Waals surface area contributed by atoms with E-state index in [-0.39, 0.29) is 28.7 Å². The van der Waals surface area contributed by atoms with E-state index in [1.54, 1.807) is 18.3 Å². The molecule has 33 heavy (non-hydrogen) atoms. The van der Waals surface area contributed by atoms with Gasteiger partial charge in [-0.15, -0.1) is 0 Å². The van der Waals surface area contributed by atoms with Crippen LogP contribution in [0.25, 0.3) is 0 Å². The summed E-state index contributed by atoms with van der Waals surface area (Å²) in [4.78, 5) is 26.8. The molecule has 0 unspecified atom stereocenters. The van der Waals surface area contributed by atoms with E-state index in [1.807, 2.05) is 6.92 Å². The zero-order valence-electron chi connectivity index (χ0n) is 17.9. The number of nitro benzene ring substituents is 1. The van der Waals surface area contributed by atoms with Gasteiger partial charge in [-0.25, -0.2) is 13.4 Å². The summed E-state index contributed by atoms with van der Waals surface area (Å²) in [7, 11) is -4.05. The molecule has 2 aromatic carbocycles. The van der Waals surface area contributed by atoms with Crippen molar-refractivity contribution in [3.05, 3.63) is 87.6 Å². The Morgan fingerprint density at radius 2 is 1.88 bits per heavy atom. The molecule has 1 heterocycles. The molecule has 0 aliphatic rings. The van der Waals surface area contributed by atoms with Gasteiger partial charge in [0.2, 0.25) is 5.88 Å². The summed E-state index contributed by atoms with van der Waals surface area (Å²) in [5.74, 6) is 0.0891. The first-order valence-corrected chi connectivity index (χ1v) is 11.4. The molecule has 1 aromatic heterocycles. The predicted molar refractivity (Wildman–Crippen MR) is 122 cm³/mol. The minimum absolute atomic E-state index is 0.209. The average molecular weight is 471 g/mol. The lowest BCUT2D eigenvalue weighted by molar-refractivity contribution is -0.385. The standard InChI is InChI=1S/C22H22N4O6S/c1-3-32-22-17(5-4-12-23-22)14-24-21(27)16-7-9-18(10-8-16)25-33(30,31)19-11-6-15(2)20(13-19)26(28)29/h4-13,25H,3,14H2,1-2H3,(H,24,27). The largest absolute Gasteiger partial charge is 0.478 e. The lowest BCUT2D eigenvalue weighted by Crippen LogP contribution is -2.23. The summed E-state index contributed by atoms with van der Waals surface area (Å²) in [5, 5.41) is 13.9. The molecule has 0 aliphatic carbocycles. The summed E-state index contributed by atoms with van der Waals surface area (Å²) in [6.45, 7) is 4.03. The second-order valence-electron chi connectivity index (χ2n) is 6.97. The van der Waals surface area contributed by atoms with Crippen LogP contribution in [0.15, 0.2) is 65.7 Å². The third kappa shape index (κ3) is 5.83. The monoisotopic (exact) mass is 470 g/mol. The number of hydrogen-bond acceptors (Lipinski definition) is 7. The number of hydrogen-bond donors (Lipinski definition) is 2. The third-order valence-electron chi connectivity index (χ3n) is 4.66. The average Bonchev–Trinajstić information content (AvgIpc) is 2.78. The van der Waals surface area contributed by atoms with Crippen molar-refractivity contribution in [2.75, 3.05) is 11.3 Å². The van der Waals surface area contributed by atoms with Crippen molar-refractivity contribution >= 4 is 27.3 Å². The fourth-order valence-electron chi connectivity index (χ4n) is 2.96. The molecular weight excluding hydrogens is 448 g/mol. The molecule has 0 spiro atoms. The van der Waals surface area contributed by atoms with Crippen LogP contribution in [0, 0.1) is 17.0 Å². The SMILES string of the molecule is CCOc1ncccc1CNC(=O)c1ccc(NS(=O)(=O)c2ccc(C)c([N+](=O)[O-])c2)cc1. The van der Waals surface area contributed by atoms with Gasteiger partial charge in [0.25, 0.3) is 21.6 Å². The number of sulfonamides is 1. The molecule has 0 saturated carbocycles. The highest BCUT2D eigenvalue weighted by atomic mass is 32.2. The van der Waals surface area contributed by atoms with E-state index >= 15 is 0 Å². The third-order valence-corrected chi connectivity index (χ3v) is 6.04. The first-order chi connectivity index (χ1) is 15.7. The van der Waals surface area contributed by atoms with Crippen LogP contribution in [0.3, 0.4) is 0 Å². The van der Waals surface area contributed by atoms with Gasteiger partial charge in [-0.2, -0.15) is 0 Å². The van der Waals surface area contributed by atoms with E-state index in [9.17, 15) is 23.3 Å². The normalized spacial score (nSPS) is 11.0. The Morgan fingerprint density at radius 3 is 2.55 bits per heavy atom. The highest BCUT2D eigenvalue weighted by Crippen LogP contribution is 2.24. The number of amides is 1. The van der Waals surface area contributed by atoms with Gasteiger partial charge < -0.3 is 10.1 Å². The van der Waals surface area contributed by atoms with E-state index in [4.69, 9.17) is 4.74 Å². The van der Waals surface area contributed by atoms with Crippen LogP contribution < -0.4 is 14.8 Å². The van der Waals surface area contributed by atoms with Gasteiger partial charge >= 0.3 is 0 Å². The van der Waals surface area contributed by atoms with E-state index in [1.165, 1.54) is 43.3 Å². The van der Waals surface area contributed by atoms with Crippen molar-refractivity contribution in [1.82, 2.24) is 10.3 Å². The molecule has 0 fully saturated rings. The first-order valence-electron chi connectivity index (χ1n) is 9.94. The summed E-state index contributed by atoms with van der Waals surface area (Å²) in [6.07, 6.45) is 1.60. The summed E-state index contributed by atoms with van der Waals surface area (Å²) in [5.41, 5.74) is 1.33. The number of nitro groups is 1. The maximum atomic E-state index is 12.6. The second-order valence-corrected chi connectivity index (χ2v) is 8.65. The van der Waals surface area contributed by atoms with E-state index in [2.05, 4.69) is 15.0 Å². The molecule has 0 radical (unpaired) electrons. The lowest BCUT2D eigenvalue weighted by Gasteiger charge is -2.11. The molecule has 172 valence electrons. The molecule has 0 atom stereocenters. The Morgan fingerprint density at radius 1 is 1.15 bits per heavy atom. The van der Waals surface area contributed by atoms with Crippen LogP contribution in [0.2, 0.25) is 0 Å². The predicted octanol–water partition coefficient (Wildman–Crippen LogP) is 3.43. The van der Waals surface area contributed by atoms with Gasteiger partial charge in [0.15, 0.2) is 0 Å². The zero-order chi connectivity index (χ0) is 24.0. The van der Waals surface area contributed by atoms with Crippen LogP contribution >= 0.6 is 0 Å². The topological polar surface area (TPSA) is 141 Å². The van der Waals surface area contributed by atoms with Crippen LogP contribution in [0.4, 0.5) is 11.4 Å². The van der Waals surface area contributed by atoms with Crippen molar-refractivity contribution < 1.29 is 22.9 Å².